The molecule has 2 aliphatic rings. The van der Waals surface area contributed by atoms with E-state index < -0.39 is 11.5 Å². The van der Waals surface area contributed by atoms with Gasteiger partial charge in [0.15, 0.2) is 5.54 Å². The van der Waals surface area contributed by atoms with Gasteiger partial charge in [-0.2, -0.15) is 0 Å². The highest BCUT2D eigenvalue weighted by molar-refractivity contribution is 6.00. The summed E-state index contributed by atoms with van der Waals surface area (Å²) < 4.78 is 0. The molecule has 0 spiro atoms. The average Bonchev–Trinajstić information content (AvgIpc) is 2.90. The van der Waals surface area contributed by atoms with Crippen LogP contribution in [0.15, 0.2) is 42.5 Å². The molecule has 2 atom stereocenters. The second-order valence-electron chi connectivity index (χ2n) is 7.85. The second kappa shape index (κ2) is 6.52. The van der Waals surface area contributed by atoms with Crippen molar-refractivity contribution in [2.75, 3.05) is 0 Å². The standard InChI is InChI=1S/C23H25NO3/c1-14-17-10-5-6-11-18(17)15(2)23(14,22(26)27)24-21(25)20-13-7-9-16-8-3-4-12-19(16)20/h5-7,9-11,13-15H,3-4,8,12H2,1-2H3,(H,24,25)(H,26,27). The van der Waals surface area contributed by atoms with Crippen LogP contribution in [0.25, 0.3) is 0 Å². The number of carboxylic acids is 1. The van der Waals surface area contributed by atoms with Crippen molar-refractivity contribution in [3.05, 3.63) is 70.3 Å². The van der Waals surface area contributed by atoms with E-state index in [1.165, 1.54) is 5.56 Å². The number of aliphatic carboxylic acids is 1. The maximum atomic E-state index is 13.3. The molecule has 0 aliphatic heterocycles. The number of aryl methyl sites for hydroxylation is 1. The zero-order valence-electron chi connectivity index (χ0n) is 15.8. The lowest BCUT2D eigenvalue weighted by molar-refractivity contribution is -0.145. The molecule has 0 saturated heterocycles. The summed E-state index contributed by atoms with van der Waals surface area (Å²) in [5, 5.41) is 13.2. The van der Waals surface area contributed by atoms with Crippen LogP contribution >= 0.6 is 0 Å². The number of amides is 1. The van der Waals surface area contributed by atoms with E-state index in [0.29, 0.717) is 5.56 Å². The Morgan fingerprint density at radius 1 is 0.963 bits per heavy atom. The Bertz CT molecular complexity index is 889. The molecule has 2 N–H and O–H groups in total. The number of carbonyl (C=O) groups excluding carboxylic acids is 1. The summed E-state index contributed by atoms with van der Waals surface area (Å²) >= 11 is 0. The summed E-state index contributed by atoms with van der Waals surface area (Å²) in [5.74, 6) is -1.85. The predicted octanol–water partition coefficient (Wildman–Crippen LogP) is 4.04. The first-order valence-corrected chi connectivity index (χ1v) is 9.72. The molecule has 1 amide bonds. The van der Waals surface area contributed by atoms with Crippen LogP contribution in [-0.2, 0) is 17.6 Å². The predicted molar refractivity (Wildman–Crippen MR) is 104 cm³/mol. The van der Waals surface area contributed by atoms with Crippen molar-refractivity contribution in [3.8, 4) is 0 Å². The van der Waals surface area contributed by atoms with Gasteiger partial charge in [-0.25, -0.2) is 4.79 Å². The van der Waals surface area contributed by atoms with Gasteiger partial charge in [0.05, 0.1) is 0 Å². The molecule has 4 nitrogen and oxygen atoms in total. The van der Waals surface area contributed by atoms with Crippen molar-refractivity contribution in [1.29, 1.82) is 0 Å². The molecule has 4 rings (SSSR count). The first-order chi connectivity index (χ1) is 13.0. The van der Waals surface area contributed by atoms with Crippen LogP contribution in [0.1, 0.15) is 71.1 Å². The van der Waals surface area contributed by atoms with E-state index in [2.05, 4.69) is 11.4 Å². The third kappa shape index (κ3) is 2.58. The normalized spacial score (nSPS) is 26.1. The third-order valence-electron chi connectivity index (χ3n) is 6.61. The smallest absolute Gasteiger partial charge is 0.330 e. The summed E-state index contributed by atoms with van der Waals surface area (Å²) in [6.07, 6.45) is 4.07. The first-order valence-electron chi connectivity index (χ1n) is 9.72. The van der Waals surface area contributed by atoms with E-state index in [1.54, 1.807) is 0 Å². The molecule has 0 aromatic heterocycles. The molecule has 4 heteroatoms. The second-order valence-corrected chi connectivity index (χ2v) is 7.85. The van der Waals surface area contributed by atoms with Crippen LogP contribution in [0.3, 0.4) is 0 Å². The van der Waals surface area contributed by atoms with Crippen molar-refractivity contribution < 1.29 is 14.7 Å². The van der Waals surface area contributed by atoms with Gasteiger partial charge in [0.1, 0.15) is 0 Å². The minimum absolute atomic E-state index is 0.275. The van der Waals surface area contributed by atoms with Crippen molar-refractivity contribution in [3.63, 3.8) is 0 Å². The maximum Gasteiger partial charge on any atom is 0.330 e. The molecule has 0 radical (unpaired) electrons. The van der Waals surface area contributed by atoms with Gasteiger partial charge in [-0.05, 0) is 54.0 Å². The number of carbonyl (C=O) groups is 2. The number of carboxylic acid groups (broad SMARTS) is 1. The largest absolute Gasteiger partial charge is 0.479 e. The summed E-state index contributed by atoms with van der Waals surface area (Å²) in [7, 11) is 0. The Kier molecular flexibility index (Phi) is 4.29. The molecule has 0 saturated carbocycles. The summed E-state index contributed by atoms with van der Waals surface area (Å²) in [4.78, 5) is 25.7. The highest BCUT2D eigenvalue weighted by atomic mass is 16.4. The van der Waals surface area contributed by atoms with Gasteiger partial charge >= 0.3 is 5.97 Å². The molecule has 0 fully saturated rings. The van der Waals surface area contributed by atoms with Gasteiger partial charge in [-0.15, -0.1) is 0 Å². The van der Waals surface area contributed by atoms with Gasteiger partial charge in [0, 0.05) is 17.4 Å². The Morgan fingerprint density at radius 3 is 2.22 bits per heavy atom. The van der Waals surface area contributed by atoms with Gasteiger partial charge in [0.2, 0.25) is 0 Å². The van der Waals surface area contributed by atoms with E-state index in [0.717, 1.165) is 42.4 Å². The molecule has 27 heavy (non-hydrogen) atoms. The highest BCUT2D eigenvalue weighted by Crippen LogP contribution is 2.49. The average molecular weight is 363 g/mol. The van der Waals surface area contributed by atoms with Crippen LogP contribution in [0, 0.1) is 0 Å². The number of benzene rings is 2. The summed E-state index contributed by atoms with van der Waals surface area (Å²) in [6, 6.07) is 13.6. The van der Waals surface area contributed by atoms with Crippen LogP contribution in [0.5, 0.6) is 0 Å². The zero-order valence-corrected chi connectivity index (χ0v) is 15.8. The fourth-order valence-corrected chi connectivity index (χ4v) is 5.05. The van der Waals surface area contributed by atoms with E-state index >= 15 is 0 Å². The van der Waals surface area contributed by atoms with Crippen LogP contribution in [-0.4, -0.2) is 22.5 Å². The van der Waals surface area contributed by atoms with Crippen molar-refractivity contribution in [2.45, 2.75) is 56.9 Å². The lowest BCUT2D eigenvalue weighted by Gasteiger charge is -2.35. The molecular formula is C23H25NO3. The quantitative estimate of drug-likeness (QED) is 0.865. The van der Waals surface area contributed by atoms with Gasteiger partial charge in [-0.1, -0.05) is 50.2 Å². The third-order valence-corrected chi connectivity index (χ3v) is 6.61. The van der Waals surface area contributed by atoms with E-state index in [1.807, 2.05) is 50.2 Å². The molecule has 2 aliphatic carbocycles. The first kappa shape index (κ1) is 17.8. The Balaban J connectivity index is 1.74. The molecule has 0 bridgehead atoms. The van der Waals surface area contributed by atoms with Crippen LogP contribution in [0.2, 0.25) is 0 Å². The van der Waals surface area contributed by atoms with E-state index in [9.17, 15) is 14.7 Å². The monoisotopic (exact) mass is 363 g/mol. The molecule has 0 heterocycles. The van der Waals surface area contributed by atoms with Gasteiger partial charge in [-0.3, -0.25) is 4.79 Å². The van der Waals surface area contributed by atoms with E-state index in [4.69, 9.17) is 0 Å². The van der Waals surface area contributed by atoms with Gasteiger partial charge < -0.3 is 10.4 Å². The fourth-order valence-electron chi connectivity index (χ4n) is 5.05. The van der Waals surface area contributed by atoms with E-state index in [-0.39, 0.29) is 17.7 Å². The molecule has 2 aromatic carbocycles. The number of rotatable bonds is 3. The SMILES string of the molecule is CC1c2ccccc2C(C)C1(NC(=O)c1cccc2c1CCCC2)C(=O)O. The fraction of sp³-hybridized carbons (Fsp3) is 0.391. The number of fused-ring (bicyclic) bond motifs is 2. The topological polar surface area (TPSA) is 66.4 Å². The Labute approximate surface area is 159 Å². The van der Waals surface area contributed by atoms with Crippen molar-refractivity contribution in [1.82, 2.24) is 5.32 Å². The van der Waals surface area contributed by atoms with Crippen molar-refractivity contribution in [2.24, 2.45) is 0 Å². The maximum absolute atomic E-state index is 13.3. The van der Waals surface area contributed by atoms with Gasteiger partial charge in [0.25, 0.3) is 5.91 Å². The highest BCUT2D eigenvalue weighted by Gasteiger charge is 2.56. The lowest BCUT2D eigenvalue weighted by Crippen LogP contribution is -2.58. The number of nitrogens with one attached hydrogen (secondary N) is 1. The number of hydrogen-bond donors (Lipinski definition) is 2. The minimum Gasteiger partial charge on any atom is -0.479 e. The molecule has 2 aromatic rings. The zero-order chi connectivity index (χ0) is 19.2. The van der Waals surface area contributed by atoms with Crippen molar-refractivity contribution >= 4 is 11.9 Å². The molecule has 140 valence electrons. The number of hydrogen-bond acceptors (Lipinski definition) is 2. The molecule has 2 unspecified atom stereocenters. The minimum atomic E-state index is -1.34. The Morgan fingerprint density at radius 2 is 1.59 bits per heavy atom. The van der Waals surface area contributed by atoms with Crippen LogP contribution in [0.4, 0.5) is 0 Å². The van der Waals surface area contributed by atoms with Crippen LogP contribution < -0.4 is 5.32 Å². The Hall–Kier alpha value is -2.62. The lowest BCUT2D eigenvalue weighted by atomic mass is 9.79. The summed E-state index contributed by atoms with van der Waals surface area (Å²) in [6.45, 7) is 3.80. The summed E-state index contributed by atoms with van der Waals surface area (Å²) in [5.41, 5.74) is 3.60. The molecular weight excluding hydrogens is 338 g/mol.